The number of nitrogens with one attached hydrogen (secondary N) is 1. The maximum absolute atomic E-state index is 12.3. The largest absolute Gasteiger partial charge is 0.277 e. The summed E-state index contributed by atoms with van der Waals surface area (Å²) in [6, 6.07) is 4.95. The number of hydrogen-bond acceptors (Lipinski definition) is 5. The molecule has 1 aromatic heterocycles. The Morgan fingerprint density at radius 2 is 2.15 bits per heavy atom. The molecular formula is C11H14ClN5O2S. The van der Waals surface area contributed by atoms with Crippen LogP contribution in [-0.2, 0) is 23.5 Å². The molecule has 0 amide bonds. The fourth-order valence-corrected chi connectivity index (χ4v) is 3.18. The lowest BCUT2D eigenvalue weighted by atomic mass is 10.1. The van der Waals surface area contributed by atoms with E-state index in [1.165, 1.54) is 0 Å². The van der Waals surface area contributed by atoms with Gasteiger partial charge in [-0.15, -0.1) is 5.10 Å². The lowest BCUT2D eigenvalue weighted by molar-refractivity contribution is 0.600. The number of benzene rings is 1. The molecule has 0 atom stereocenters. The van der Waals surface area contributed by atoms with E-state index in [2.05, 4.69) is 20.1 Å². The first-order valence-electron chi connectivity index (χ1n) is 5.97. The van der Waals surface area contributed by atoms with Crippen molar-refractivity contribution in [3.05, 3.63) is 28.8 Å². The molecule has 0 spiro atoms. The van der Waals surface area contributed by atoms with Crippen molar-refractivity contribution in [3.8, 4) is 0 Å². The average Bonchev–Trinajstić information content (AvgIpc) is 2.76. The quantitative estimate of drug-likeness (QED) is 0.905. The Morgan fingerprint density at radius 3 is 2.75 bits per heavy atom. The van der Waals surface area contributed by atoms with Gasteiger partial charge in [0.1, 0.15) is 4.90 Å². The molecule has 9 heteroatoms. The highest BCUT2D eigenvalue weighted by Crippen LogP contribution is 2.24. The van der Waals surface area contributed by atoms with Crippen LogP contribution in [0.3, 0.4) is 0 Å². The summed E-state index contributed by atoms with van der Waals surface area (Å²) in [7, 11) is -2.29. The first-order chi connectivity index (χ1) is 9.42. The van der Waals surface area contributed by atoms with Crippen molar-refractivity contribution >= 4 is 27.6 Å². The molecule has 1 aromatic carbocycles. The molecule has 0 bridgehead atoms. The van der Waals surface area contributed by atoms with E-state index in [4.69, 9.17) is 11.6 Å². The zero-order valence-electron chi connectivity index (χ0n) is 11.0. The Balaban J connectivity index is 2.35. The molecule has 0 saturated carbocycles. The minimum Gasteiger partial charge on any atom is -0.244 e. The van der Waals surface area contributed by atoms with Gasteiger partial charge in [0, 0.05) is 0 Å². The minimum atomic E-state index is -3.83. The van der Waals surface area contributed by atoms with Crippen LogP contribution in [0.25, 0.3) is 0 Å². The van der Waals surface area contributed by atoms with Crippen LogP contribution in [0.5, 0.6) is 0 Å². The third-order valence-corrected chi connectivity index (χ3v) is 4.37. The van der Waals surface area contributed by atoms with Gasteiger partial charge in [0.05, 0.1) is 12.1 Å². The van der Waals surface area contributed by atoms with Crippen molar-refractivity contribution < 1.29 is 8.42 Å². The SMILES string of the molecule is CCCc1ccc(Cl)c(S(=O)(=O)Nc2nnn(C)n2)c1. The van der Waals surface area contributed by atoms with E-state index in [1.54, 1.807) is 19.2 Å². The number of halogens is 1. The van der Waals surface area contributed by atoms with Crippen molar-refractivity contribution in [2.45, 2.75) is 24.7 Å². The van der Waals surface area contributed by atoms with Gasteiger partial charge in [-0.1, -0.05) is 36.1 Å². The number of sulfonamides is 1. The standard InChI is InChI=1S/C11H14ClN5O2S/c1-3-4-8-5-6-9(12)10(7-8)20(18,19)15-11-13-16-17(2)14-11/h5-7H,3-4H2,1-2H3,(H,14,15). The van der Waals surface area contributed by atoms with Gasteiger partial charge in [-0.25, -0.2) is 13.1 Å². The van der Waals surface area contributed by atoms with Crippen LogP contribution in [0.1, 0.15) is 18.9 Å². The third-order valence-electron chi connectivity index (χ3n) is 2.56. The third kappa shape index (κ3) is 3.26. The van der Waals surface area contributed by atoms with Crippen molar-refractivity contribution in [1.29, 1.82) is 0 Å². The minimum absolute atomic E-state index is 0.0116. The maximum atomic E-state index is 12.3. The molecule has 0 aliphatic rings. The lowest BCUT2D eigenvalue weighted by Crippen LogP contribution is -2.15. The molecule has 1 heterocycles. The van der Waals surface area contributed by atoms with E-state index in [1.807, 2.05) is 13.0 Å². The van der Waals surface area contributed by atoms with E-state index in [9.17, 15) is 8.42 Å². The highest BCUT2D eigenvalue weighted by molar-refractivity contribution is 7.92. The second-order valence-electron chi connectivity index (χ2n) is 4.22. The molecule has 0 radical (unpaired) electrons. The highest BCUT2D eigenvalue weighted by Gasteiger charge is 2.20. The Bertz CT molecular complexity index is 713. The summed E-state index contributed by atoms with van der Waals surface area (Å²) in [5.74, 6) is -0.0931. The predicted molar refractivity (Wildman–Crippen MR) is 75.1 cm³/mol. The van der Waals surface area contributed by atoms with E-state index >= 15 is 0 Å². The van der Waals surface area contributed by atoms with Gasteiger partial charge in [0.25, 0.3) is 16.0 Å². The first kappa shape index (κ1) is 14.7. The highest BCUT2D eigenvalue weighted by atomic mass is 35.5. The Hall–Kier alpha value is -1.67. The molecule has 108 valence electrons. The number of aromatic nitrogens is 4. The molecule has 0 unspecified atom stereocenters. The fourth-order valence-electron chi connectivity index (χ4n) is 1.70. The van der Waals surface area contributed by atoms with Crippen molar-refractivity contribution in [2.75, 3.05) is 4.72 Å². The molecule has 2 aromatic rings. The number of hydrogen-bond donors (Lipinski definition) is 1. The summed E-state index contributed by atoms with van der Waals surface area (Å²) in [6.07, 6.45) is 1.70. The normalized spacial score (nSPS) is 11.6. The molecular weight excluding hydrogens is 302 g/mol. The summed E-state index contributed by atoms with van der Waals surface area (Å²) in [4.78, 5) is 1.17. The van der Waals surface area contributed by atoms with Gasteiger partial charge in [0.2, 0.25) is 0 Å². The Labute approximate surface area is 122 Å². The van der Waals surface area contributed by atoms with Gasteiger partial charge in [0.15, 0.2) is 0 Å². The van der Waals surface area contributed by atoms with Crippen molar-refractivity contribution in [2.24, 2.45) is 7.05 Å². The van der Waals surface area contributed by atoms with Gasteiger partial charge in [-0.2, -0.15) is 4.80 Å². The van der Waals surface area contributed by atoms with E-state index < -0.39 is 10.0 Å². The summed E-state index contributed by atoms with van der Waals surface area (Å²) < 4.78 is 26.8. The number of anilines is 1. The topological polar surface area (TPSA) is 89.8 Å². The van der Waals surface area contributed by atoms with Crippen LogP contribution in [0, 0.1) is 0 Å². The maximum Gasteiger partial charge on any atom is 0.277 e. The molecule has 0 aliphatic heterocycles. The molecule has 20 heavy (non-hydrogen) atoms. The summed E-state index contributed by atoms with van der Waals surface area (Å²) in [5.41, 5.74) is 0.907. The van der Waals surface area contributed by atoms with E-state index in [0.29, 0.717) is 0 Å². The van der Waals surface area contributed by atoms with Gasteiger partial charge < -0.3 is 0 Å². The van der Waals surface area contributed by atoms with E-state index in [0.717, 1.165) is 23.2 Å². The lowest BCUT2D eigenvalue weighted by Gasteiger charge is -2.08. The Kier molecular flexibility index (Phi) is 4.24. The van der Waals surface area contributed by atoms with Crippen molar-refractivity contribution in [3.63, 3.8) is 0 Å². The zero-order valence-corrected chi connectivity index (χ0v) is 12.6. The first-order valence-corrected chi connectivity index (χ1v) is 7.83. The van der Waals surface area contributed by atoms with Crippen LogP contribution >= 0.6 is 11.6 Å². The van der Waals surface area contributed by atoms with Gasteiger partial charge in [-0.3, -0.25) is 0 Å². The number of nitrogens with zero attached hydrogens (tertiary/aromatic N) is 4. The van der Waals surface area contributed by atoms with Crippen molar-refractivity contribution in [1.82, 2.24) is 20.2 Å². The summed E-state index contributed by atoms with van der Waals surface area (Å²) in [5, 5.41) is 11.1. The average molecular weight is 316 g/mol. The van der Waals surface area contributed by atoms with Crippen LogP contribution in [0.4, 0.5) is 5.95 Å². The van der Waals surface area contributed by atoms with Crippen LogP contribution in [0.2, 0.25) is 5.02 Å². The molecule has 2 rings (SSSR count). The van der Waals surface area contributed by atoms with E-state index in [-0.39, 0.29) is 15.9 Å². The Morgan fingerprint density at radius 1 is 1.40 bits per heavy atom. The zero-order chi connectivity index (χ0) is 14.8. The van der Waals surface area contributed by atoms with Crippen LogP contribution in [-0.4, -0.2) is 28.6 Å². The summed E-state index contributed by atoms with van der Waals surface area (Å²) >= 11 is 5.97. The smallest absolute Gasteiger partial charge is 0.244 e. The number of aryl methyl sites for hydroxylation is 2. The monoisotopic (exact) mass is 315 g/mol. The molecule has 7 nitrogen and oxygen atoms in total. The molecule has 0 aliphatic carbocycles. The summed E-state index contributed by atoms with van der Waals surface area (Å²) in [6.45, 7) is 2.02. The molecule has 0 saturated heterocycles. The second-order valence-corrected chi connectivity index (χ2v) is 6.28. The van der Waals surface area contributed by atoms with Crippen LogP contribution < -0.4 is 4.72 Å². The second kappa shape index (κ2) is 5.76. The van der Waals surface area contributed by atoms with Gasteiger partial charge >= 0.3 is 0 Å². The number of rotatable bonds is 5. The van der Waals surface area contributed by atoms with Crippen LogP contribution in [0.15, 0.2) is 23.1 Å². The predicted octanol–water partition coefficient (Wildman–Crippen LogP) is 1.62. The molecule has 0 fully saturated rings. The number of tetrazole rings is 1. The molecule has 1 N–H and O–H groups in total. The van der Waals surface area contributed by atoms with Gasteiger partial charge in [-0.05, 0) is 29.3 Å². The fraction of sp³-hybridized carbons (Fsp3) is 0.364.